The van der Waals surface area contributed by atoms with Crippen LogP contribution in [-0.2, 0) is 7.05 Å². The summed E-state index contributed by atoms with van der Waals surface area (Å²) in [5, 5.41) is 12.7. The Hall–Kier alpha value is -2.22. The Morgan fingerprint density at radius 2 is 2.00 bits per heavy atom. The zero-order valence-corrected chi connectivity index (χ0v) is 16.1. The van der Waals surface area contributed by atoms with E-state index in [1.807, 2.05) is 32.7 Å². The van der Waals surface area contributed by atoms with E-state index in [1.54, 1.807) is 10.9 Å². The van der Waals surface area contributed by atoms with Crippen molar-refractivity contribution < 1.29 is 9.21 Å². The minimum Gasteiger partial charge on any atom is -0.423 e. The van der Waals surface area contributed by atoms with Crippen LogP contribution in [0.3, 0.4) is 0 Å². The molecule has 1 unspecified atom stereocenters. The van der Waals surface area contributed by atoms with Crippen molar-refractivity contribution in [1.82, 2.24) is 29.8 Å². The Morgan fingerprint density at radius 3 is 2.58 bits per heavy atom. The van der Waals surface area contributed by atoms with Crippen molar-refractivity contribution in [3.63, 3.8) is 0 Å². The largest absolute Gasteiger partial charge is 0.423 e. The molecule has 8 heteroatoms. The molecule has 2 aliphatic heterocycles. The second kappa shape index (κ2) is 5.90. The Labute approximate surface area is 153 Å². The van der Waals surface area contributed by atoms with Crippen LogP contribution in [0.2, 0.25) is 0 Å². The molecular weight excluding hydrogens is 332 g/mol. The Morgan fingerprint density at radius 1 is 1.27 bits per heavy atom. The van der Waals surface area contributed by atoms with Gasteiger partial charge in [0.25, 0.3) is 5.91 Å². The van der Waals surface area contributed by atoms with Crippen molar-refractivity contribution in [1.29, 1.82) is 0 Å². The number of aryl methyl sites for hydroxylation is 2. The third-order valence-corrected chi connectivity index (χ3v) is 5.56. The molecule has 2 aromatic rings. The van der Waals surface area contributed by atoms with Crippen molar-refractivity contribution in [3.8, 4) is 0 Å². The van der Waals surface area contributed by atoms with Gasteiger partial charge in [0, 0.05) is 44.2 Å². The summed E-state index contributed by atoms with van der Waals surface area (Å²) >= 11 is 0. The highest BCUT2D eigenvalue weighted by Crippen LogP contribution is 2.47. The summed E-state index contributed by atoms with van der Waals surface area (Å²) in [6.07, 6.45) is 2.75. The average Bonchev–Trinajstić information content (AvgIpc) is 3.22. The van der Waals surface area contributed by atoms with E-state index < -0.39 is 0 Å². The predicted molar refractivity (Wildman–Crippen MR) is 94.7 cm³/mol. The van der Waals surface area contributed by atoms with Gasteiger partial charge in [-0.05, 0) is 20.4 Å². The van der Waals surface area contributed by atoms with Crippen LogP contribution in [0.15, 0.2) is 10.6 Å². The predicted octanol–water partition coefficient (Wildman–Crippen LogP) is 1.75. The van der Waals surface area contributed by atoms with Crippen LogP contribution < -0.4 is 0 Å². The Balaban J connectivity index is 1.44. The van der Waals surface area contributed by atoms with Gasteiger partial charge in [0.15, 0.2) is 0 Å². The van der Waals surface area contributed by atoms with Gasteiger partial charge in [0.2, 0.25) is 11.8 Å². The molecule has 140 valence electrons. The van der Waals surface area contributed by atoms with Crippen molar-refractivity contribution in [2.24, 2.45) is 12.5 Å². The maximum Gasteiger partial charge on any atom is 0.257 e. The van der Waals surface area contributed by atoms with Crippen LogP contribution >= 0.6 is 0 Å². The van der Waals surface area contributed by atoms with E-state index in [2.05, 4.69) is 27.2 Å². The molecule has 2 fully saturated rings. The highest BCUT2D eigenvalue weighted by molar-refractivity contribution is 5.95. The zero-order chi connectivity index (χ0) is 18.6. The number of carbonyl (C=O) groups is 1. The molecule has 4 rings (SSSR count). The van der Waals surface area contributed by atoms with Crippen molar-refractivity contribution in [2.75, 3.05) is 26.7 Å². The van der Waals surface area contributed by atoms with Gasteiger partial charge < -0.3 is 9.32 Å². The molecule has 1 amide bonds. The van der Waals surface area contributed by atoms with Crippen molar-refractivity contribution in [2.45, 2.75) is 39.2 Å². The van der Waals surface area contributed by atoms with Crippen LogP contribution in [0.4, 0.5) is 0 Å². The van der Waals surface area contributed by atoms with Crippen LogP contribution in [0.25, 0.3) is 0 Å². The molecule has 1 spiro atoms. The fourth-order valence-electron chi connectivity index (χ4n) is 4.28. The van der Waals surface area contributed by atoms with Crippen molar-refractivity contribution in [3.05, 3.63) is 29.2 Å². The number of hydrogen-bond acceptors (Lipinski definition) is 6. The first-order valence-corrected chi connectivity index (χ1v) is 9.11. The molecule has 2 aliphatic rings. The molecule has 0 aliphatic carbocycles. The topological polar surface area (TPSA) is 80.3 Å². The van der Waals surface area contributed by atoms with Gasteiger partial charge in [0.1, 0.15) is 0 Å². The smallest absolute Gasteiger partial charge is 0.257 e. The normalized spacial score (nSPS) is 22.4. The quantitative estimate of drug-likeness (QED) is 0.832. The summed E-state index contributed by atoms with van der Waals surface area (Å²) in [6.45, 7) is 8.45. The van der Waals surface area contributed by atoms with Gasteiger partial charge in [-0.15, -0.1) is 10.2 Å². The van der Waals surface area contributed by atoms with Crippen molar-refractivity contribution >= 4 is 5.91 Å². The maximum absolute atomic E-state index is 12.7. The van der Waals surface area contributed by atoms with Crippen LogP contribution in [-0.4, -0.2) is 62.4 Å². The Bertz CT molecular complexity index is 833. The lowest BCUT2D eigenvalue weighted by Gasteiger charge is -2.48. The minimum atomic E-state index is 0.0761. The molecule has 2 saturated heterocycles. The molecule has 0 bridgehead atoms. The van der Waals surface area contributed by atoms with Crippen LogP contribution in [0.1, 0.15) is 60.1 Å². The molecule has 0 saturated carbocycles. The minimum absolute atomic E-state index is 0.0761. The van der Waals surface area contributed by atoms with Gasteiger partial charge in [-0.3, -0.25) is 14.4 Å². The van der Waals surface area contributed by atoms with E-state index in [4.69, 9.17) is 4.42 Å². The lowest BCUT2D eigenvalue weighted by Crippen LogP contribution is -2.59. The third-order valence-electron chi connectivity index (χ3n) is 5.56. The fourth-order valence-corrected chi connectivity index (χ4v) is 4.28. The lowest BCUT2D eigenvalue weighted by atomic mass is 9.77. The number of likely N-dealkylation sites (tertiary alicyclic amines) is 2. The van der Waals surface area contributed by atoms with Gasteiger partial charge in [-0.2, -0.15) is 5.10 Å². The van der Waals surface area contributed by atoms with Gasteiger partial charge in [0.05, 0.1) is 17.3 Å². The van der Waals surface area contributed by atoms with Gasteiger partial charge >= 0.3 is 0 Å². The fraction of sp³-hybridized carbons (Fsp3) is 0.667. The highest BCUT2D eigenvalue weighted by Gasteiger charge is 2.53. The van der Waals surface area contributed by atoms with E-state index in [9.17, 15) is 4.79 Å². The second-order valence-electron chi connectivity index (χ2n) is 8.23. The second-order valence-corrected chi connectivity index (χ2v) is 8.23. The molecule has 0 radical (unpaired) electrons. The summed E-state index contributed by atoms with van der Waals surface area (Å²) in [4.78, 5) is 16.9. The third kappa shape index (κ3) is 2.72. The van der Waals surface area contributed by atoms with Crippen LogP contribution in [0, 0.1) is 12.3 Å². The summed E-state index contributed by atoms with van der Waals surface area (Å²) in [7, 11) is 3.93. The maximum atomic E-state index is 12.7. The lowest BCUT2D eigenvalue weighted by molar-refractivity contribution is 0.0114. The molecule has 0 aromatic carbocycles. The zero-order valence-electron chi connectivity index (χ0n) is 16.1. The average molecular weight is 358 g/mol. The van der Waals surface area contributed by atoms with E-state index in [0.717, 1.165) is 31.7 Å². The van der Waals surface area contributed by atoms with E-state index in [-0.39, 0.29) is 23.3 Å². The number of rotatable bonds is 3. The van der Waals surface area contributed by atoms with Gasteiger partial charge in [-0.1, -0.05) is 13.8 Å². The molecule has 4 heterocycles. The first kappa shape index (κ1) is 17.2. The number of aromatic nitrogens is 4. The summed E-state index contributed by atoms with van der Waals surface area (Å²) in [6, 6.07) is 0.132. The highest BCUT2D eigenvalue weighted by atomic mass is 16.4. The number of nitrogens with zero attached hydrogens (tertiary/aromatic N) is 6. The number of amides is 1. The van der Waals surface area contributed by atoms with E-state index in [0.29, 0.717) is 17.3 Å². The first-order valence-electron chi connectivity index (χ1n) is 9.11. The molecule has 2 aromatic heterocycles. The monoisotopic (exact) mass is 358 g/mol. The van der Waals surface area contributed by atoms with Crippen LogP contribution in [0.5, 0.6) is 0 Å². The molecule has 1 atom stereocenters. The molecular formula is C18H26N6O2. The van der Waals surface area contributed by atoms with Gasteiger partial charge in [-0.25, -0.2) is 0 Å². The SMILES string of the molecule is Cc1nn(C)cc1C(=O)N1CC2(CC(c3nnc(C(C)C)o3)N(C)C2)C1. The number of carbonyl (C=O) groups excluding carboxylic acids is 1. The number of hydrogen-bond donors (Lipinski definition) is 0. The molecule has 8 nitrogen and oxygen atoms in total. The molecule has 26 heavy (non-hydrogen) atoms. The first-order chi connectivity index (χ1) is 12.3. The summed E-state index contributed by atoms with van der Waals surface area (Å²) in [5.74, 6) is 1.69. The standard InChI is InChI=1S/C18H26N6O2/c1-11(2)15-19-20-16(26-15)14-6-18(8-22(14)4)9-24(10-18)17(25)13-7-23(5)21-12(13)3/h7,11,14H,6,8-10H2,1-5H3. The van der Waals surface area contributed by atoms with E-state index >= 15 is 0 Å². The summed E-state index contributed by atoms with van der Waals surface area (Å²) in [5.41, 5.74) is 1.60. The Kier molecular flexibility index (Phi) is 3.91. The molecule has 0 N–H and O–H groups in total. The van der Waals surface area contributed by atoms with E-state index in [1.165, 1.54) is 0 Å². The summed E-state index contributed by atoms with van der Waals surface area (Å²) < 4.78 is 7.56.